The minimum absolute atomic E-state index is 0.597. The second kappa shape index (κ2) is 9.12. The maximum absolute atomic E-state index is 4.88. The summed E-state index contributed by atoms with van der Waals surface area (Å²) in [5, 5.41) is 0. The zero-order valence-electron chi connectivity index (χ0n) is 19.2. The van der Waals surface area contributed by atoms with Crippen LogP contribution in [0, 0.1) is 5.92 Å². The predicted molar refractivity (Wildman–Crippen MR) is 123 cm³/mol. The number of anilines is 1. The third-order valence-electron chi connectivity index (χ3n) is 8.43. The smallest absolute Gasteiger partial charge is 0.225 e. The van der Waals surface area contributed by atoms with Crippen molar-refractivity contribution in [2.45, 2.75) is 95.7 Å². The van der Waals surface area contributed by atoms with Crippen molar-refractivity contribution in [1.29, 1.82) is 0 Å². The van der Waals surface area contributed by atoms with Crippen LogP contribution in [0.15, 0.2) is 12.4 Å². The summed E-state index contributed by atoms with van der Waals surface area (Å²) in [6.07, 6.45) is 16.7. The highest BCUT2D eigenvalue weighted by molar-refractivity contribution is 5.38. The average molecular weight is 412 g/mol. The molecule has 0 amide bonds. The van der Waals surface area contributed by atoms with E-state index in [-0.39, 0.29) is 0 Å². The molecule has 2 unspecified atom stereocenters. The fraction of sp³-hybridized carbons (Fsp3) is 0.840. The van der Waals surface area contributed by atoms with Crippen molar-refractivity contribution < 1.29 is 0 Å². The van der Waals surface area contributed by atoms with Crippen molar-refractivity contribution in [3.8, 4) is 0 Å². The SMILES string of the molecule is CC(C)N1CC2CCC(C1)N2c1ncc(C2CCN(CC3CCCCC3)CC2)cn1. The Morgan fingerprint density at radius 1 is 0.867 bits per heavy atom. The lowest BCUT2D eigenvalue weighted by atomic mass is 9.87. The van der Waals surface area contributed by atoms with E-state index in [4.69, 9.17) is 9.97 Å². The second-order valence-corrected chi connectivity index (χ2v) is 10.7. The number of aromatic nitrogens is 2. The molecule has 5 rings (SSSR count). The lowest BCUT2D eigenvalue weighted by Crippen LogP contribution is -2.56. The van der Waals surface area contributed by atoms with E-state index in [1.54, 1.807) is 0 Å². The first-order valence-electron chi connectivity index (χ1n) is 12.7. The zero-order valence-corrected chi connectivity index (χ0v) is 19.2. The van der Waals surface area contributed by atoms with E-state index in [1.807, 2.05) is 0 Å². The van der Waals surface area contributed by atoms with Crippen molar-refractivity contribution in [3.63, 3.8) is 0 Å². The van der Waals surface area contributed by atoms with Crippen LogP contribution in [-0.4, -0.2) is 70.6 Å². The van der Waals surface area contributed by atoms with E-state index in [0.29, 0.717) is 24.0 Å². The van der Waals surface area contributed by atoms with Crippen molar-refractivity contribution in [1.82, 2.24) is 19.8 Å². The van der Waals surface area contributed by atoms with Crippen LogP contribution in [0.3, 0.4) is 0 Å². The lowest BCUT2D eigenvalue weighted by molar-refractivity contribution is 0.163. The fourth-order valence-corrected chi connectivity index (χ4v) is 6.54. The molecule has 2 bridgehead atoms. The Hall–Kier alpha value is -1.20. The van der Waals surface area contributed by atoms with Crippen molar-refractivity contribution in [2.75, 3.05) is 37.6 Å². The molecule has 1 aromatic heterocycles. The molecule has 4 heterocycles. The molecule has 30 heavy (non-hydrogen) atoms. The Kier molecular flexibility index (Phi) is 6.29. The number of rotatable bonds is 5. The van der Waals surface area contributed by atoms with E-state index < -0.39 is 0 Å². The van der Waals surface area contributed by atoms with Gasteiger partial charge < -0.3 is 9.80 Å². The first kappa shape index (κ1) is 20.7. The molecular weight excluding hydrogens is 370 g/mol. The van der Waals surface area contributed by atoms with E-state index in [0.717, 1.165) is 11.9 Å². The number of piperazine rings is 1. The van der Waals surface area contributed by atoms with Gasteiger partial charge in [-0.15, -0.1) is 0 Å². The highest BCUT2D eigenvalue weighted by Gasteiger charge is 2.41. The largest absolute Gasteiger partial charge is 0.332 e. The number of hydrogen-bond donors (Lipinski definition) is 0. The van der Waals surface area contributed by atoms with Crippen LogP contribution in [0.25, 0.3) is 0 Å². The molecule has 2 atom stereocenters. The monoisotopic (exact) mass is 411 g/mol. The molecule has 4 aliphatic rings. The van der Waals surface area contributed by atoms with Gasteiger partial charge in [-0.3, -0.25) is 4.90 Å². The van der Waals surface area contributed by atoms with E-state index >= 15 is 0 Å². The standard InChI is InChI=1S/C25H41N5/c1-19(2)29-17-23-8-9-24(18-29)30(23)25-26-14-22(15-27-25)21-10-12-28(13-11-21)16-20-6-4-3-5-7-20/h14-15,19-21,23-24H,3-13,16-18H2,1-2H3. The number of likely N-dealkylation sites (tertiary alicyclic amines) is 2. The Labute approximate surface area is 183 Å². The summed E-state index contributed by atoms with van der Waals surface area (Å²) in [6, 6.07) is 1.84. The molecule has 0 aromatic carbocycles. The van der Waals surface area contributed by atoms with Gasteiger partial charge in [-0.05, 0) is 82.9 Å². The van der Waals surface area contributed by atoms with Crippen LogP contribution in [0.1, 0.15) is 83.1 Å². The molecule has 0 spiro atoms. The van der Waals surface area contributed by atoms with E-state index in [1.165, 1.54) is 96.1 Å². The number of fused-ring (bicyclic) bond motifs is 2. The van der Waals surface area contributed by atoms with Gasteiger partial charge in [-0.1, -0.05) is 19.3 Å². The second-order valence-electron chi connectivity index (χ2n) is 10.7. The van der Waals surface area contributed by atoms with Crippen LogP contribution < -0.4 is 4.90 Å². The van der Waals surface area contributed by atoms with Gasteiger partial charge in [0, 0.05) is 50.2 Å². The third kappa shape index (κ3) is 4.38. The summed E-state index contributed by atoms with van der Waals surface area (Å²) >= 11 is 0. The first-order chi connectivity index (χ1) is 14.7. The molecule has 1 aromatic rings. The minimum Gasteiger partial charge on any atom is -0.332 e. The van der Waals surface area contributed by atoms with Crippen molar-refractivity contribution in [2.24, 2.45) is 5.92 Å². The van der Waals surface area contributed by atoms with Crippen LogP contribution in [0.4, 0.5) is 5.95 Å². The summed E-state index contributed by atoms with van der Waals surface area (Å²) in [6.45, 7) is 10.8. The topological polar surface area (TPSA) is 35.5 Å². The molecule has 1 saturated carbocycles. The quantitative estimate of drug-likeness (QED) is 0.722. The zero-order chi connectivity index (χ0) is 20.5. The van der Waals surface area contributed by atoms with Crippen LogP contribution in [-0.2, 0) is 0 Å². The fourth-order valence-electron chi connectivity index (χ4n) is 6.54. The molecule has 1 aliphatic carbocycles. The Morgan fingerprint density at radius 3 is 2.10 bits per heavy atom. The van der Waals surface area contributed by atoms with Gasteiger partial charge in [0.25, 0.3) is 0 Å². The molecule has 3 aliphatic heterocycles. The van der Waals surface area contributed by atoms with Crippen LogP contribution in [0.5, 0.6) is 0 Å². The Bertz CT molecular complexity index is 661. The van der Waals surface area contributed by atoms with Gasteiger partial charge in [0.15, 0.2) is 0 Å². The molecular formula is C25H41N5. The molecule has 5 nitrogen and oxygen atoms in total. The van der Waals surface area contributed by atoms with E-state index in [2.05, 4.69) is 40.9 Å². The Balaban J connectivity index is 1.15. The first-order valence-corrected chi connectivity index (χ1v) is 12.7. The summed E-state index contributed by atoms with van der Waals surface area (Å²) in [4.78, 5) is 17.7. The van der Waals surface area contributed by atoms with E-state index in [9.17, 15) is 0 Å². The van der Waals surface area contributed by atoms with Gasteiger partial charge in [0.1, 0.15) is 0 Å². The molecule has 4 fully saturated rings. The molecule has 166 valence electrons. The predicted octanol–water partition coefficient (Wildman–Crippen LogP) is 4.30. The van der Waals surface area contributed by atoms with Gasteiger partial charge in [-0.25, -0.2) is 9.97 Å². The molecule has 5 heteroatoms. The lowest BCUT2D eigenvalue weighted by Gasteiger charge is -2.42. The maximum atomic E-state index is 4.88. The Morgan fingerprint density at radius 2 is 1.50 bits per heavy atom. The number of nitrogens with zero attached hydrogens (tertiary/aromatic N) is 5. The van der Waals surface area contributed by atoms with Crippen molar-refractivity contribution in [3.05, 3.63) is 18.0 Å². The third-order valence-corrected chi connectivity index (χ3v) is 8.43. The molecule has 0 N–H and O–H groups in total. The minimum atomic E-state index is 0.597. The van der Waals surface area contributed by atoms with Crippen LogP contribution >= 0.6 is 0 Å². The highest BCUT2D eigenvalue weighted by Crippen LogP contribution is 2.35. The molecule has 0 radical (unpaired) electrons. The van der Waals surface area contributed by atoms with Gasteiger partial charge >= 0.3 is 0 Å². The maximum Gasteiger partial charge on any atom is 0.225 e. The molecule has 3 saturated heterocycles. The van der Waals surface area contributed by atoms with Crippen molar-refractivity contribution >= 4 is 5.95 Å². The summed E-state index contributed by atoms with van der Waals surface area (Å²) in [7, 11) is 0. The van der Waals surface area contributed by atoms with Gasteiger partial charge in [0.05, 0.1) is 0 Å². The number of piperidine rings is 1. The van der Waals surface area contributed by atoms with Gasteiger partial charge in [0.2, 0.25) is 5.95 Å². The van der Waals surface area contributed by atoms with Crippen LogP contribution in [0.2, 0.25) is 0 Å². The average Bonchev–Trinajstić information content (AvgIpc) is 3.04. The number of hydrogen-bond acceptors (Lipinski definition) is 5. The normalized spacial score (nSPS) is 29.8. The summed E-state index contributed by atoms with van der Waals surface area (Å²) in [5.74, 6) is 2.59. The summed E-state index contributed by atoms with van der Waals surface area (Å²) in [5.41, 5.74) is 1.37. The highest BCUT2D eigenvalue weighted by atomic mass is 15.4. The summed E-state index contributed by atoms with van der Waals surface area (Å²) < 4.78 is 0. The van der Waals surface area contributed by atoms with Gasteiger partial charge in [-0.2, -0.15) is 0 Å².